The largest absolute Gasteiger partial charge is 0.471 e. The molecule has 1 atom stereocenters. The predicted octanol–water partition coefficient (Wildman–Crippen LogP) is 1.94. The Balaban J connectivity index is 1.63. The monoisotopic (exact) mass is 390 g/mol. The summed E-state index contributed by atoms with van der Waals surface area (Å²) in [5.74, 6) is -2.35. The highest BCUT2D eigenvalue weighted by Crippen LogP contribution is 2.28. The van der Waals surface area contributed by atoms with Gasteiger partial charge in [0.05, 0.1) is 10.7 Å². The maximum Gasteiger partial charge on any atom is 0.471 e. The summed E-state index contributed by atoms with van der Waals surface area (Å²) in [6.45, 7) is 1.70. The lowest BCUT2D eigenvalue weighted by Gasteiger charge is -2.38. The van der Waals surface area contributed by atoms with Crippen molar-refractivity contribution in [3.63, 3.8) is 0 Å². The van der Waals surface area contributed by atoms with Gasteiger partial charge in [-0.15, -0.1) is 0 Å². The van der Waals surface area contributed by atoms with Gasteiger partial charge in [0.15, 0.2) is 0 Å². The van der Waals surface area contributed by atoms with Crippen LogP contribution in [0.5, 0.6) is 0 Å². The molecule has 0 aliphatic carbocycles. The number of anilines is 1. The van der Waals surface area contributed by atoms with Crippen molar-refractivity contribution >= 4 is 29.1 Å². The second-order valence-electron chi connectivity index (χ2n) is 6.29. The number of carbonyl (C=O) groups is 2. The third-order valence-corrected chi connectivity index (χ3v) is 5.02. The first-order chi connectivity index (χ1) is 12.3. The normalized spacial score (nSPS) is 21.2. The molecular weight excluding hydrogens is 373 g/mol. The van der Waals surface area contributed by atoms with E-state index in [9.17, 15) is 22.8 Å². The van der Waals surface area contributed by atoms with Crippen LogP contribution in [0.1, 0.15) is 12.8 Å². The number of pyridine rings is 1. The summed E-state index contributed by atoms with van der Waals surface area (Å²) in [6, 6.07) is 0.751. The number of hydrogen-bond acceptors (Lipinski definition) is 4. The van der Waals surface area contributed by atoms with Crippen LogP contribution >= 0.6 is 11.6 Å². The van der Waals surface area contributed by atoms with Crippen molar-refractivity contribution in [1.82, 2.24) is 14.8 Å². The average molecular weight is 391 g/mol. The molecule has 2 aliphatic rings. The molecule has 6 nitrogen and oxygen atoms in total. The number of rotatable bonds is 2. The summed E-state index contributed by atoms with van der Waals surface area (Å²) in [5.41, 5.74) is 0.809. The third kappa shape index (κ3) is 3.72. The molecule has 26 heavy (non-hydrogen) atoms. The van der Waals surface area contributed by atoms with Gasteiger partial charge < -0.3 is 14.7 Å². The van der Waals surface area contributed by atoms with Gasteiger partial charge in [0.25, 0.3) is 0 Å². The zero-order chi connectivity index (χ0) is 18.9. The second-order valence-corrected chi connectivity index (χ2v) is 6.70. The fraction of sp³-hybridized carbons (Fsp3) is 0.562. The highest BCUT2D eigenvalue weighted by molar-refractivity contribution is 6.33. The fourth-order valence-electron chi connectivity index (χ4n) is 3.43. The Labute approximate surface area is 153 Å². The first-order valence-corrected chi connectivity index (χ1v) is 8.68. The van der Waals surface area contributed by atoms with Gasteiger partial charge in [-0.3, -0.25) is 14.6 Å². The second kappa shape index (κ2) is 7.30. The van der Waals surface area contributed by atoms with Gasteiger partial charge in [-0.25, -0.2) is 0 Å². The molecule has 2 amide bonds. The van der Waals surface area contributed by atoms with E-state index in [4.69, 9.17) is 11.6 Å². The van der Waals surface area contributed by atoms with Crippen LogP contribution in [0.15, 0.2) is 18.5 Å². The van der Waals surface area contributed by atoms with Crippen molar-refractivity contribution in [2.75, 3.05) is 37.6 Å². The topological polar surface area (TPSA) is 56.8 Å². The Morgan fingerprint density at radius 1 is 1.15 bits per heavy atom. The Kier molecular flexibility index (Phi) is 5.27. The van der Waals surface area contributed by atoms with Crippen LogP contribution in [0.3, 0.4) is 0 Å². The summed E-state index contributed by atoms with van der Waals surface area (Å²) in [4.78, 5) is 32.3. The summed E-state index contributed by atoms with van der Waals surface area (Å²) in [5, 5.41) is 0.505. The number of halogens is 4. The van der Waals surface area contributed by atoms with Crippen LogP contribution in [0.25, 0.3) is 0 Å². The van der Waals surface area contributed by atoms with Gasteiger partial charge in [-0.2, -0.15) is 13.2 Å². The summed E-state index contributed by atoms with van der Waals surface area (Å²) in [7, 11) is 0. The molecule has 2 aliphatic heterocycles. The van der Waals surface area contributed by atoms with E-state index in [0.717, 1.165) is 5.69 Å². The number of aromatic nitrogens is 1. The smallest absolute Gasteiger partial charge is 0.367 e. The molecular formula is C16H18ClF3N4O2. The lowest BCUT2D eigenvalue weighted by atomic mass is 10.1. The van der Waals surface area contributed by atoms with Gasteiger partial charge in [0.2, 0.25) is 5.91 Å². The summed E-state index contributed by atoms with van der Waals surface area (Å²) in [6.07, 6.45) is -1.15. The molecule has 0 bridgehead atoms. The summed E-state index contributed by atoms with van der Waals surface area (Å²) < 4.78 is 38.1. The van der Waals surface area contributed by atoms with Crippen molar-refractivity contribution in [3.05, 3.63) is 23.5 Å². The Hall–Kier alpha value is -2.03. The van der Waals surface area contributed by atoms with Crippen molar-refractivity contribution < 1.29 is 22.8 Å². The minimum absolute atomic E-state index is 0.0403. The maximum atomic E-state index is 12.7. The van der Waals surface area contributed by atoms with Crippen LogP contribution in [0.2, 0.25) is 5.02 Å². The molecule has 1 aromatic heterocycles. The molecule has 0 saturated carbocycles. The van der Waals surface area contributed by atoms with Crippen LogP contribution < -0.4 is 4.90 Å². The number of amides is 2. The highest BCUT2D eigenvalue weighted by atomic mass is 35.5. The van der Waals surface area contributed by atoms with Crippen LogP contribution in [0, 0.1) is 0 Å². The lowest BCUT2D eigenvalue weighted by molar-refractivity contribution is -0.187. The van der Waals surface area contributed by atoms with Crippen molar-refractivity contribution in [3.8, 4) is 0 Å². The Bertz CT molecular complexity index is 692. The molecule has 142 valence electrons. The molecule has 3 heterocycles. The number of nitrogens with zero attached hydrogens (tertiary/aromatic N) is 4. The molecule has 10 heteroatoms. The molecule has 0 N–H and O–H groups in total. The number of alkyl halides is 3. The van der Waals surface area contributed by atoms with E-state index < -0.39 is 24.0 Å². The van der Waals surface area contributed by atoms with E-state index >= 15 is 0 Å². The lowest BCUT2D eigenvalue weighted by Crippen LogP contribution is -2.55. The fourth-order valence-corrected chi connectivity index (χ4v) is 3.67. The van der Waals surface area contributed by atoms with Gasteiger partial charge in [-0.1, -0.05) is 11.6 Å². The molecule has 0 aromatic carbocycles. The van der Waals surface area contributed by atoms with E-state index in [1.165, 1.54) is 11.1 Å². The highest BCUT2D eigenvalue weighted by Gasteiger charge is 2.48. The van der Waals surface area contributed by atoms with Gasteiger partial charge in [0.1, 0.15) is 6.04 Å². The molecule has 0 unspecified atom stereocenters. The van der Waals surface area contributed by atoms with E-state index in [1.807, 2.05) is 4.90 Å². The maximum absolute atomic E-state index is 12.7. The number of likely N-dealkylation sites (tertiary alicyclic amines) is 1. The predicted molar refractivity (Wildman–Crippen MR) is 88.8 cm³/mol. The zero-order valence-electron chi connectivity index (χ0n) is 13.9. The SMILES string of the molecule is O=C([C@H]1CCCN1C(=O)C(F)(F)F)N1CCN(c2ccncc2Cl)CC1. The van der Waals surface area contributed by atoms with Crippen molar-refractivity contribution in [2.45, 2.75) is 25.1 Å². The molecule has 1 aromatic rings. The quantitative estimate of drug-likeness (QED) is 0.774. The molecule has 0 radical (unpaired) electrons. The van der Waals surface area contributed by atoms with Crippen molar-refractivity contribution in [1.29, 1.82) is 0 Å². The van der Waals surface area contributed by atoms with E-state index in [0.29, 0.717) is 42.5 Å². The Morgan fingerprint density at radius 3 is 2.46 bits per heavy atom. The van der Waals surface area contributed by atoms with E-state index in [2.05, 4.69) is 4.98 Å². The summed E-state index contributed by atoms with van der Waals surface area (Å²) >= 11 is 6.12. The number of hydrogen-bond donors (Lipinski definition) is 0. The minimum Gasteiger partial charge on any atom is -0.367 e. The van der Waals surface area contributed by atoms with Gasteiger partial charge in [0, 0.05) is 45.1 Å². The first kappa shape index (κ1) is 18.8. The van der Waals surface area contributed by atoms with E-state index in [1.54, 1.807) is 12.3 Å². The standard InChI is InChI=1S/C16H18ClF3N4O2/c17-11-10-21-4-3-12(11)22-6-8-23(9-7-22)14(25)13-2-1-5-24(13)15(26)16(18,19)20/h3-4,10,13H,1-2,5-9H2/t13-/m1/s1. The first-order valence-electron chi connectivity index (χ1n) is 8.30. The van der Waals surface area contributed by atoms with Crippen LogP contribution in [0.4, 0.5) is 18.9 Å². The molecule has 2 fully saturated rings. The average Bonchev–Trinajstić information content (AvgIpc) is 3.09. The van der Waals surface area contributed by atoms with Crippen LogP contribution in [-0.2, 0) is 9.59 Å². The van der Waals surface area contributed by atoms with Crippen molar-refractivity contribution in [2.24, 2.45) is 0 Å². The number of carbonyl (C=O) groups excluding carboxylic acids is 2. The van der Waals surface area contributed by atoms with Crippen LogP contribution in [-0.4, -0.2) is 71.5 Å². The van der Waals surface area contributed by atoms with Gasteiger partial charge >= 0.3 is 12.1 Å². The number of piperazine rings is 1. The minimum atomic E-state index is -4.96. The molecule has 3 rings (SSSR count). The third-order valence-electron chi connectivity index (χ3n) is 4.72. The Morgan fingerprint density at radius 2 is 1.85 bits per heavy atom. The zero-order valence-corrected chi connectivity index (χ0v) is 14.6. The molecule has 2 saturated heterocycles. The molecule has 0 spiro atoms. The van der Waals surface area contributed by atoms with Gasteiger partial charge in [-0.05, 0) is 18.9 Å². The van der Waals surface area contributed by atoms with E-state index in [-0.39, 0.29) is 13.0 Å².